The van der Waals surface area contributed by atoms with Crippen LogP contribution in [0.3, 0.4) is 0 Å². The summed E-state index contributed by atoms with van der Waals surface area (Å²) in [5, 5.41) is 13.0. The van der Waals surface area contributed by atoms with Gasteiger partial charge in [-0.05, 0) is 67.4 Å². The van der Waals surface area contributed by atoms with E-state index in [-0.39, 0.29) is 5.91 Å². The third-order valence-corrected chi connectivity index (χ3v) is 5.48. The highest BCUT2D eigenvalue weighted by atomic mass is 35.5. The molecule has 1 aromatic heterocycles. The molecule has 0 unspecified atom stereocenters. The van der Waals surface area contributed by atoms with E-state index in [0.717, 1.165) is 11.1 Å². The fourth-order valence-electron chi connectivity index (χ4n) is 3.03. The van der Waals surface area contributed by atoms with Gasteiger partial charge in [-0.15, -0.1) is 10.2 Å². The van der Waals surface area contributed by atoms with Crippen molar-refractivity contribution in [1.82, 2.24) is 15.0 Å². The number of carbonyl (C=O) groups is 1. The van der Waals surface area contributed by atoms with Gasteiger partial charge in [-0.25, -0.2) is 0 Å². The number of aryl methyl sites for hydroxylation is 2. The number of nitrogens with zero attached hydrogens (tertiary/aromatic N) is 3. The second-order valence-electron chi connectivity index (χ2n) is 6.88. The van der Waals surface area contributed by atoms with Crippen LogP contribution in [0.15, 0.2) is 48.5 Å². The zero-order valence-electron chi connectivity index (χ0n) is 16.5. The first-order valence-electron chi connectivity index (χ1n) is 9.15. The maximum atomic E-state index is 12.7. The average Bonchev–Trinajstić information content (AvgIpc) is 3.12. The Morgan fingerprint density at radius 1 is 0.933 bits per heavy atom. The number of carbonyl (C=O) groups excluding carboxylic acids is 1. The van der Waals surface area contributed by atoms with Gasteiger partial charge in [0, 0.05) is 16.3 Å². The number of methoxy groups -OCH3 is 1. The molecule has 30 heavy (non-hydrogen) atoms. The van der Waals surface area contributed by atoms with Gasteiger partial charge in [-0.1, -0.05) is 29.3 Å². The highest BCUT2D eigenvalue weighted by Crippen LogP contribution is 2.28. The molecule has 4 rings (SSSR count). The molecule has 4 aromatic rings. The molecule has 0 saturated heterocycles. The molecule has 0 fully saturated rings. The van der Waals surface area contributed by atoms with E-state index in [1.807, 2.05) is 32.0 Å². The Morgan fingerprint density at radius 2 is 1.67 bits per heavy atom. The van der Waals surface area contributed by atoms with Crippen LogP contribution in [0.5, 0.6) is 5.75 Å². The van der Waals surface area contributed by atoms with Crippen molar-refractivity contribution in [2.45, 2.75) is 13.8 Å². The fourth-order valence-corrected chi connectivity index (χ4v) is 3.46. The zero-order valence-corrected chi connectivity index (χ0v) is 18.0. The number of rotatable bonds is 4. The SMILES string of the molecule is COc1ccc(-n2nc3cc(C)c(NC(=O)c4ccc(C)c(Cl)c4)cc3n2)cc1Cl. The van der Waals surface area contributed by atoms with Gasteiger partial charge in [0.1, 0.15) is 16.8 Å². The molecule has 1 heterocycles. The van der Waals surface area contributed by atoms with Crippen molar-refractivity contribution in [2.75, 3.05) is 12.4 Å². The van der Waals surface area contributed by atoms with Crippen molar-refractivity contribution < 1.29 is 9.53 Å². The van der Waals surface area contributed by atoms with E-state index in [1.54, 1.807) is 37.4 Å². The lowest BCUT2D eigenvalue weighted by Gasteiger charge is -2.09. The van der Waals surface area contributed by atoms with E-state index < -0.39 is 0 Å². The monoisotopic (exact) mass is 440 g/mol. The Labute approximate surface area is 183 Å². The minimum atomic E-state index is -0.242. The molecular weight excluding hydrogens is 423 g/mol. The minimum Gasteiger partial charge on any atom is -0.495 e. The van der Waals surface area contributed by atoms with Crippen LogP contribution in [-0.2, 0) is 0 Å². The second kappa shape index (κ2) is 7.97. The molecule has 3 aromatic carbocycles. The smallest absolute Gasteiger partial charge is 0.255 e. The molecule has 0 aliphatic heterocycles. The fraction of sp³-hybridized carbons (Fsp3) is 0.136. The number of aromatic nitrogens is 3. The van der Waals surface area contributed by atoms with Crippen molar-refractivity contribution in [2.24, 2.45) is 0 Å². The van der Waals surface area contributed by atoms with Crippen molar-refractivity contribution in [3.8, 4) is 11.4 Å². The Morgan fingerprint density at radius 3 is 2.33 bits per heavy atom. The van der Waals surface area contributed by atoms with Crippen LogP contribution in [0, 0.1) is 13.8 Å². The van der Waals surface area contributed by atoms with Gasteiger partial charge in [0.05, 0.1) is 17.8 Å². The van der Waals surface area contributed by atoms with Crippen molar-refractivity contribution in [3.63, 3.8) is 0 Å². The molecule has 0 saturated carbocycles. The van der Waals surface area contributed by atoms with Gasteiger partial charge in [0.25, 0.3) is 5.91 Å². The summed E-state index contributed by atoms with van der Waals surface area (Å²) in [6, 6.07) is 14.2. The van der Waals surface area contributed by atoms with Gasteiger partial charge in [0.2, 0.25) is 0 Å². The van der Waals surface area contributed by atoms with Crippen molar-refractivity contribution >= 4 is 45.8 Å². The first kappa shape index (κ1) is 20.2. The summed E-state index contributed by atoms with van der Waals surface area (Å²) in [5.41, 5.74) is 4.98. The molecule has 0 spiro atoms. The summed E-state index contributed by atoms with van der Waals surface area (Å²) in [5.74, 6) is 0.336. The van der Waals surface area contributed by atoms with Gasteiger partial charge >= 0.3 is 0 Å². The van der Waals surface area contributed by atoms with Gasteiger partial charge in [-0.2, -0.15) is 4.80 Å². The van der Waals surface area contributed by atoms with E-state index in [9.17, 15) is 4.79 Å². The number of ether oxygens (including phenoxy) is 1. The third-order valence-electron chi connectivity index (χ3n) is 4.78. The van der Waals surface area contributed by atoms with Crippen LogP contribution in [0.25, 0.3) is 16.7 Å². The van der Waals surface area contributed by atoms with Crippen LogP contribution in [-0.4, -0.2) is 28.0 Å². The van der Waals surface area contributed by atoms with Crippen LogP contribution in [0.4, 0.5) is 5.69 Å². The zero-order chi connectivity index (χ0) is 21.4. The highest BCUT2D eigenvalue weighted by Gasteiger charge is 2.13. The van der Waals surface area contributed by atoms with Crippen LogP contribution in [0.2, 0.25) is 10.0 Å². The number of nitrogens with one attached hydrogen (secondary N) is 1. The van der Waals surface area contributed by atoms with Gasteiger partial charge in [-0.3, -0.25) is 4.79 Å². The summed E-state index contributed by atoms with van der Waals surface area (Å²) in [6.45, 7) is 3.79. The van der Waals surface area contributed by atoms with Crippen molar-refractivity contribution in [1.29, 1.82) is 0 Å². The van der Waals surface area contributed by atoms with Crippen LogP contribution < -0.4 is 10.1 Å². The number of anilines is 1. The molecule has 8 heteroatoms. The molecule has 0 radical (unpaired) electrons. The number of amides is 1. The van der Waals surface area contributed by atoms with Gasteiger partial charge in [0.15, 0.2) is 0 Å². The average molecular weight is 441 g/mol. The highest BCUT2D eigenvalue weighted by molar-refractivity contribution is 6.32. The molecule has 152 valence electrons. The first-order chi connectivity index (χ1) is 14.4. The molecule has 0 atom stereocenters. The molecule has 6 nitrogen and oxygen atoms in total. The molecular formula is C22H18Cl2N4O2. The van der Waals surface area contributed by atoms with E-state index in [1.165, 1.54) is 4.80 Å². The van der Waals surface area contributed by atoms with E-state index in [2.05, 4.69) is 15.5 Å². The lowest BCUT2D eigenvalue weighted by Crippen LogP contribution is -2.12. The van der Waals surface area contributed by atoms with Gasteiger partial charge < -0.3 is 10.1 Å². The normalized spacial score (nSPS) is 11.0. The summed E-state index contributed by atoms with van der Waals surface area (Å²) < 4.78 is 5.18. The van der Waals surface area contributed by atoms with Crippen LogP contribution >= 0.6 is 23.2 Å². The molecule has 0 aliphatic carbocycles. The Hall–Kier alpha value is -3.09. The Balaban J connectivity index is 1.65. The van der Waals surface area contributed by atoms with Crippen LogP contribution in [0.1, 0.15) is 21.5 Å². The number of fused-ring (bicyclic) bond motifs is 1. The molecule has 0 bridgehead atoms. The minimum absolute atomic E-state index is 0.242. The summed E-state index contributed by atoms with van der Waals surface area (Å²) >= 11 is 12.4. The predicted molar refractivity (Wildman–Crippen MR) is 119 cm³/mol. The Bertz CT molecular complexity index is 1280. The largest absolute Gasteiger partial charge is 0.495 e. The number of hydrogen-bond acceptors (Lipinski definition) is 4. The quantitative estimate of drug-likeness (QED) is 0.447. The molecule has 0 aliphatic rings. The Kier molecular flexibility index (Phi) is 5.37. The van der Waals surface area contributed by atoms with E-state index in [4.69, 9.17) is 27.9 Å². The first-order valence-corrected chi connectivity index (χ1v) is 9.90. The van der Waals surface area contributed by atoms with Crippen molar-refractivity contribution in [3.05, 3.63) is 75.3 Å². The predicted octanol–water partition coefficient (Wildman–Crippen LogP) is 5.61. The molecule has 1 N–H and O–H groups in total. The number of halogens is 2. The summed E-state index contributed by atoms with van der Waals surface area (Å²) in [6.07, 6.45) is 0. The number of hydrogen-bond donors (Lipinski definition) is 1. The third kappa shape index (κ3) is 3.84. The molecule has 1 amide bonds. The van der Waals surface area contributed by atoms with E-state index in [0.29, 0.717) is 43.8 Å². The maximum absolute atomic E-state index is 12.7. The lowest BCUT2D eigenvalue weighted by molar-refractivity contribution is 0.102. The topological polar surface area (TPSA) is 69.0 Å². The lowest BCUT2D eigenvalue weighted by atomic mass is 10.1. The maximum Gasteiger partial charge on any atom is 0.255 e. The van der Waals surface area contributed by atoms with E-state index >= 15 is 0 Å². The standard InChI is InChI=1S/C22H18Cl2N4O2/c1-12-4-5-14(9-16(12)23)22(29)25-18-11-20-19(8-13(18)2)26-28(27-20)15-6-7-21(30-3)17(24)10-15/h4-11H,1-3H3,(H,25,29). The second-order valence-corrected chi connectivity index (χ2v) is 7.70. The number of benzene rings is 3. The summed E-state index contributed by atoms with van der Waals surface area (Å²) in [4.78, 5) is 14.2. The summed E-state index contributed by atoms with van der Waals surface area (Å²) in [7, 11) is 1.56.